The van der Waals surface area contributed by atoms with Crippen molar-refractivity contribution in [2.24, 2.45) is 17.8 Å². The fraction of sp³-hybridized carbons (Fsp3) is 0.710. The summed E-state index contributed by atoms with van der Waals surface area (Å²) in [5, 5.41) is 2.71. The van der Waals surface area contributed by atoms with Crippen molar-refractivity contribution in [1.82, 2.24) is 10.3 Å². The van der Waals surface area contributed by atoms with Crippen LogP contribution in [0.4, 0.5) is 0 Å². The van der Waals surface area contributed by atoms with Crippen molar-refractivity contribution >= 4 is 23.8 Å². The molecule has 2 heterocycles. The summed E-state index contributed by atoms with van der Waals surface area (Å²) in [6, 6.07) is 0.487. The van der Waals surface area contributed by atoms with E-state index >= 15 is 0 Å². The summed E-state index contributed by atoms with van der Waals surface area (Å²) in [4.78, 5) is 55.7. The Morgan fingerprint density at radius 1 is 1.07 bits per heavy atom. The number of nitrogens with one attached hydrogen (secondary N) is 1. The molecule has 1 saturated heterocycles. The quantitative estimate of drug-likeness (QED) is 0.209. The van der Waals surface area contributed by atoms with Crippen LogP contribution >= 0.6 is 0 Å². The summed E-state index contributed by atoms with van der Waals surface area (Å²) in [5.74, 6) is -2.23. The van der Waals surface area contributed by atoms with E-state index in [1.54, 1.807) is 20.8 Å². The first-order valence-corrected chi connectivity index (χ1v) is 15.2. The Balaban J connectivity index is 1.76. The number of pyridine rings is 1. The SMILES string of the molecule is COc1ccnc(C(=O)N[C@H]2CCC[C@H](OCC(C)C)[C@@H](OC(=O)C3CCCC3)[C@H](C)OC2=O)c1OCOC(=O)C(C)C. The third kappa shape index (κ3) is 9.80. The van der Waals surface area contributed by atoms with Gasteiger partial charge in [-0.25, -0.2) is 9.78 Å². The Morgan fingerprint density at radius 3 is 2.44 bits per heavy atom. The van der Waals surface area contributed by atoms with Crippen LogP contribution in [0.5, 0.6) is 11.5 Å². The van der Waals surface area contributed by atoms with Gasteiger partial charge in [0.1, 0.15) is 12.1 Å². The maximum Gasteiger partial charge on any atom is 0.329 e. The van der Waals surface area contributed by atoms with E-state index < -0.39 is 49.0 Å². The molecule has 0 bridgehead atoms. The number of amides is 1. The highest BCUT2D eigenvalue weighted by molar-refractivity contribution is 5.98. The predicted molar refractivity (Wildman–Crippen MR) is 154 cm³/mol. The van der Waals surface area contributed by atoms with E-state index in [2.05, 4.69) is 10.3 Å². The number of carbonyl (C=O) groups is 4. The van der Waals surface area contributed by atoms with Crippen molar-refractivity contribution in [3.05, 3.63) is 18.0 Å². The number of ether oxygens (including phenoxy) is 6. The number of carbonyl (C=O) groups excluding carboxylic acids is 4. The number of esters is 3. The molecule has 1 N–H and O–H groups in total. The average Bonchev–Trinajstić information content (AvgIpc) is 3.52. The Kier molecular flexibility index (Phi) is 13.0. The van der Waals surface area contributed by atoms with Gasteiger partial charge >= 0.3 is 17.9 Å². The van der Waals surface area contributed by atoms with E-state index in [1.807, 2.05) is 13.8 Å². The molecule has 0 unspecified atom stereocenters. The number of nitrogens with zero attached hydrogens (tertiary/aromatic N) is 1. The zero-order chi connectivity index (χ0) is 31.5. The number of methoxy groups -OCH3 is 1. The number of hydrogen-bond donors (Lipinski definition) is 1. The van der Waals surface area contributed by atoms with Gasteiger partial charge in [-0.3, -0.25) is 14.4 Å². The van der Waals surface area contributed by atoms with E-state index in [0.29, 0.717) is 19.4 Å². The summed E-state index contributed by atoms with van der Waals surface area (Å²) < 4.78 is 33.9. The lowest BCUT2D eigenvalue weighted by atomic mass is 10.0. The Hall–Kier alpha value is -3.41. The molecule has 1 amide bonds. The predicted octanol–water partition coefficient (Wildman–Crippen LogP) is 3.98. The van der Waals surface area contributed by atoms with Crippen LogP contribution in [0, 0.1) is 17.8 Å². The molecule has 1 aromatic rings. The zero-order valence-electron chi connectivity index (χ0n) is 26.1. The molecule has 0 spiro atoms. The minimum atomic E-state index is -1.01. The Bertz CT molecular complexity index is 1100. The van der Waals surface area contributed by atoms with Crippen LogP contribution in [-0.4, -0.2) is 73.7 Å². The van der Waals surface area contributed by atoms with Gasteiger partial charge in [-0.05, 0) is 44.9 Å². The second-order valence-corrected chi connectivity index (χ2v) is 11.8. The van der Waals surface area contributed by atoms with E-state index in [1.165, 1.54) is 19.4 Å². The van der Waals surface area contributed by atoms with Gasteiger partial charge in [0.15, 0.2) is 23.3 Å². The third-order valence-corrected chi connectivity index (χ3v) is 7.47. The maximum absolute atomic E-state index is 13.4. The van der Waals surface area contributed by atoms with Gasteiger partial charge in [-0.15, -0.1) is 0 Å². The first-order chi connectivity index (χ1) is 20.5. The van der Waals surface area contributed by atoms with Crippen molar-refractivity contribution in [3.63, 3.8) is 0 Å². The fourth-order valence-electron chi connectivity index (χ4n) is 5.06. The largest absolute Gasteiger partial charge is 0.493 e. The van der Waals surface area contributed by atoms with Crippen LogP contribution in [0.1, 0.15) is 90.1 Å². The molecule has 1 aliphatic carbocycles. The third-order valence-electron chi connectivity index (χ3n) is 7.47. The monoisotopic (exact) mass is 606 g/mol. The van der Waals surface area contributed by atoms with Crippen LogP contribution in [0.25, 0.3) is 0 Å². The van der Waals surface area contributed by atoms with Gasteiger partial charge in [-0.2, -0.15) is 0 Å². The summed E-state index contributed by atoms with van der Waals surface area (Å²) >= 11 is 0. The van der Waals surface area contributed by atoms with Crippen molar-refractivity contribution < 1.29 is 47.6 Å². The average molecular weight is 607 g/mol. The lowest BCUT2D eigenvalue weighted by molar-refractivity contribution is -0.183. The van der Waals surface area contributed by atoms with E-state index in [4.69, 9.17) is 28.4 Å². The molecule has 0 radical (unpaired) electrons. The molecule has 240 valence electrons. The number of cyclic esters (lactones) is 1. The molecule has 12 nitrogen and oxygen atoms in total. The molecule has 1 saturated carbocycles. The lowest BCUT2D eigenvalue weighted by Crippen LogP contribution is -2.46. The summed E-state index contributed by atoms with van der Waals surface area (Å²) in [5.41, 5.74) is -0.151. The molecule has 3 rings (SSSR count). The molecule has 4 atom stereocenters. The lowest BCUT2D eigenvalue weighted by Gasteiger charge is -2.32. The first-order valence-electron chi connectivity index (χ1n) is 15.2. The Labute approximate surface area is 253 Å². The van der Waals surface area contributed by atoms with Crippen LogP contribution in [0.3, 0.4) is 0 Å². The standard InChI is InChI=1S/C31H46N2O10/c1-18(2)16-39-24-13-9-12-22(31(37)42-20(5)26(24)43-30(36)21-10-7-8-11-21)33-28(34)25-27(23(38-6)14-15-32-25)40-17-41-29(35)19(3)4/h14-15,18-22,24,26H,7-13,16-17H2,1-6H3,(H,33,34)/t20-,22-,24-,26-/m0/s1. The summed E-state index contributed by atoms with van der Waals surface area (Å²) in [6.45, 7) is 9.10. The molecule has 0 aromatic carbocycles. The van der Waals surface area contributed by atoms with Gasteiger partial charge in [0.25, 0.3) is 5.91 Å². The highest BCUT2D eigenvalue weighted by Crippen LogP contribution is 2.31. The normalized spacial score (nSPS) is 23.1. The second-order valence-electron chi connectivity index (χ2n) is 11.8. The Morgan fingerprint density at radius 2 is 1.79 bits per heavy atom. The molecule has 12 heteroatoms. The number of aromatic nitrogens is 1. The van der Waals surface area contributed by atoms with Crippen LogP contribution in [0.2, 0.25) is 0 Å². The van der Waals surface area contributed by atoms with Crippen molar-refractivity contribution in [2.75, 3.05) is 20.5 Å². The van der Waals surface area contributed by atoms with Crippen molar-refractivity contribution in [1.29, 1.82) is 0 Å². The second kappa shape index (κ2) is 16.4. The summed E-state index contributed by atoms with van der Waals surface area (Å²) in [6.07, 6.45) is 4.10. The zero-order valence-corrected chi connectivity index (χ0v) is 26.1. The minimum Gasteiger partial charge on any atom is -0.493 e. The van der Waals surface area contributed by atoms with Gasteiger partial charge in [0.2, 0.25) is 6.79 Å². The van der Waals surface area contributed by atoms with E-state index in [0.717, 1.165) is 25.7 Å². The van der Waals surface area contributed by atoms with Gasteiger partial charge < -0.3 is 33.7 Å². The minimum absolute atomic E-state index is 0.0371. The van der Waals surface area contributed by atoms with Crippen molar-refractivity contribution in [2.45, 2.75) is 104 Å². The summed E-state index contributed by atoms with van der Waals surface area (Å²) in [7, 11) is 1.40. The number of hydrogen-bond acceptors (Lipinski definition) is 11. The van der Waals surface area contributed by atoms with E-state index in [-0.39, 0.29) is 47.3 Å². The first kappa shape index (κ1) is 34.1. The number of rotatable bonds is 12. The fourth-order valence-corrected chi connectivity index (χ4v) is 5.06. The van der Waals surface area contributed by atoms with E-state index in [9.17, 15) is 19.2 Å². The van der Waals surface area contributed by atoms with Crippen LogP contribution in [0.15, 0.2) is 12.3 Å². The van der Waals surface area contributed by atoms with Gasteiger partial charge in [0, 0.05) is 18.9 Å². The van der Waals surface area contributed by atoms with Gasteiger partial charge in [0.05, 0.1) is 25.0 Å². The van der Waals surface area contributed by atoms with Gasteiger partial charge in [-0.1, -0.05) is 40.5 Å². The molecule has 1 aromatic heterocycles. The van der Waals surface area contributed by atoms with Crippen LogP contribution < -0.4 is 14.8 Å². The molecule has 43 heavy (non-hydrogen) atoms. The maximum atomic E-state index is 13.4. The molecular formula is C31H46N2O10. The highest BCUT2D eigenvalue weighted by atomic mass is 16.7. The topological polar surface area (TPSA) is 149 Å². The van der Waals surface area contributed by atoms with Crippen LogP contribution in [-0.2, 0) is 33.3 Å². The molecule has 2 fully saturated rings. The smallest absolute Gasteiger partial charge is 0.329 e. The van der Waals surface area contributed by atoms with Crippen molar-refractivity contribution in [3.8, 4) is 11.5 Å². The molecule has 2 aliphatic rings. The molecule has 1 aliphatic heterocycles. The molecular weight excluding hydrogens is 560 g/mol. The highest BCUT2D eigenvalue weighted by Gasteiger charge is 2.39.